The highest BCUT2D eigenvalue weighted by molar-refractivity contribution is 6.32. The number of aromatic nitrogens is 2. The van der Waals surface area contributed by atoms with Crippen molar-refractivity contribution in [3.8, 4) is 0 Å². The van der Waals surface area contributed by atoms with E-state index in [-0.39, 0.29) is 11.6 Å². The third-order valence-electron chi connectivity index (χ3n) is 4.71. The van der Waals surface area contributed by atoms with Crippen molar-refractivity contribution in [2.24, 2.45) is 0 Å². The molecule has 148 valence electrons. The summed E-state index contributed by atoms with van der Waals surface area (Å²) in [5, 5.41) is 3.08. The molecule has 1 unspecified atom stereocenters. The van der Waals surface area contributed by atoms with E-state index in [0.29, 0.717) is 32.7 Å². The number of piperazine rings is 1. The average molecular weight is 405 g/mol. The molecule has 1 aliphatic heterocycles. The molecule has 1 amide bonds. The first-order valence-electron chi connectivity index (χ1n) is 8.53. The summed E-state index contributed by atoms with van der Waals surface area (Å²) < 4.78 is 45.4. The zero-order valence-electron chi connectivity index (χ0n) is 15.0. The van der Waals surface area contributed by atoms with Gasteiger partial charge < -0.3 is 9.32 Å². The summed E-state index contributed by atoms with van der Waals surface area (Å²) >= 11 is 5.78. The lowest BCUT2D eigenvalue weighted by molar-refractivity contribution is -0.142. The molecule has 1 saturated heterocycles. The average Bonchev–Trinajstić information content (AvgIpc) is 3.23. The monoisotopic (exact) mass is 404 g/mol. The second-order valence-corrected chi connectivity index (χ2v) is 6.93. The first kappa shape index (κ1) is 19.8. The van der Waals surface area contributed by atoms with Gasteiger partial charge in [0.2, 0.25) is 5.91 Å². The van der Waals surface area contributed by atoms with Crippen LogP contribution in [0.4, 0.5) is 13.2 Å². The Balaban J connectivity index is 1.65. The molecule has 0 radical (unpaired) electrons. The summed E-state index contributed by atoms with van der Waals surface area (Å²) in [6.45, 7) is 5.92. The SMILES string of the molecule is Cc1c(Cl)c(C(F)(F)F)nn1C(C)C(=O)N1CCN(Cc2ccco2)CC1. The van der Waals surface area contributed by atoms with Crippen molar-refractivity contribution in [3.63, 3.8) is 0 Å². The van der Waals surface area contributed by atoms with E-state index >= 15 is 0 Å². The molecule has 1 aliphatic rings. The zero-order chi connectivity index (χ0) is 19.8. The van der Waals surface area contributed by atoms with Crippen molar-refractivity contribution in [2.45, 2.75) is 32.6 Å². The summed E-state index contributed by atoms with van der Waals surface area (Å²) in [5.74, 6) is 0.577. The van der Waals surface area contributed by atoms with E-state index < -0.39 is 22.9 Å². The molecular weight excluding hydrogens is 385 g/mol. The van der Waals surface area contributed by atoms with Crippen molar-refractivity contribution in [2.75, 3.05) is 26.2 Å². The van der Waals surface area contributed by atoms with Gasteiger partial charge in [0.05, 0.1) is 23.5 Å². The van der Waals surface area contributed by atoms with E-state index in [4.69, 9.17) is 16.0 Å². The smallest absolute Gasteiger partial charge is 0.436 e. The van der Waals surface area contributed by atoms with Gasteiger partial charge in [0.15, 0.2) is 5.69 Å². The van der Waals surface area contributed by atoms with Crippen LogP contribution >= 0.6 is 11.6 Å². The quantitative estimate of drug-likeness (QED) is 0.784. The summed E-state index contributed by atoms with van der Waals surface area (Å²) in [6.07, 6.45) is -3.04. The number of carbonyl (C=O) groups excluding carboxylic acids is 1. The molecule has 0 aliphatic carbocycles. The number of rotatable bonds is 4. The lowest BCUT2D eigenvalue weighted by atomic mass is 10.2. The summed E-state index contributed by atoms with van der Waals surface area (Å²) in [5.41, 5.74) is -1.04. The molecule has 0 N–H and O–H groups in total. The van der Waals surface area contributed by atoms with Crippen LogP contribution < -0.4 is 0 Å². The minimum atomic E-state index is -4.66. The Morgan fingerprint density at radius 3 is 2.52 bits per heavy atom. The van der Waals surface area contributed by atoms with E-state index in [1.54, 1.807) is 11.2 Å². The number of nitrogens with zero attached hydrogens (tertiary/aromatic N) is 4. The molecule has 1 atom stereocenters. The number of furan rings is 1. The van der Waals surface area contributed by atoms with E-state index in [2.05, 4.69) is 10.00 Å². The van der Waals surface area contributed by atoms with Crippen molar-refractivity contribution in [1.29, 1.82) is 0 Å². The van der Waals surface area contributed by atoms with Gasteiger partial charge in [-0.2, -0.15) is 18.3 Å². The number of alkyl halides is 3. The maximum absolute atomic E-state index is 13.0. The van der Waals surface area contributed by atoms with Gasteiger partial charge in [-0.1, -0.05) is 11.6 Å². The molecule has 6 nitrogen and oxygen atoms in total. The maximum Gasteiger partial charge on any atom is 0.436 e. The largest absolute Gasteiger partial charge is 0.468 e. The fourth-order valence-corrected chi connectivity index (χ4v) is 3.41. The van der Waals surface area contributed by atoms with Crippen molar-refractivity contribution >= 4 is 17.5 Å². The summed E-state index contributed by atoms with van der Waals surface area (Å²) in [4.78, 5) is 16.6. The van der Waals surface area contributed by atoms with Crippen LogP contribution in [0.3, 0.4) is 0 Å². The van der Waals surface area contributed by atoms with Gasteiger partial charge in [0, 0.05) is 26.2 Å². The molecule has 10 heteroatoms. The van der Waals surface area contributed by atoms with Crippen molar-refractivity contribution < 1.29 is 22.4 Å². The van der Waals surface area contributed by atoms with Gasteiger partial charge in [0.1, 0.15) is 11.8 Å². The molecule has 1 fully saturated rings. The predicted octanol–water partition coefficient (Wildman–Crippen LogP) is 3.36. The van der Waals surface area contributed by atoms with Crippen LogP contribution in [0.5, 0.6) is 0 Å². The molecule has 3 rings (SSSR count). The molecule has 3 heterocycles. The second-order valence-electron chi connectivity index (χ2n) is 6.55. The Bertz CT molecular complexity index is 796. The molecule has 0 saturated carbocycles. The molecule has 0 spiro atoms. The highest BCUT2D eigenvalue weighted by atomic mass is 35.5. The molecule has 2 aromatic heterocycles. The standard InChI is InChI=1S/C17H20ClF3N4O2/c1-11-14(18)15(17(19,20)21)22-25(11)12(2)16(26)24-7-5-23(6-8-24)10-13-4-3-9-27-13/h3-4,9,12H,5-8,10H2,1-2H3. The molecule has 0 bridgehead atoms. The van der Waals surface area contributed by atoms with Crippen LogP contribution in [0, 0.1) is 6.92 Å². The second kappa shape index (κ2) is 7.55. The van der Waals surface area contributed by atoms with E-state index in [0.717, 1.165) is 10.4 Å². The van der Waals surface area contributed by atoms with Crippen LogP contribution in [0.25, 0.3) is 0 Å². The first-order chi connectivity index (χ1) is 12.7. The van der Waals surface area contributed by atoms with E-state index in [9.17, 15) is 18.0 Å². The Morgan fingerprint density at radius 2 is 2.00 bits per heavy atom. The highest BCUT2D eigenvalue weighted by Crippen LogP contribution is 2.36. The zero-order valence-corrected chi connectivity index (χ0v) is 15.7. The van der Waals surface area contributed by atoms with Gasteiger partial charge in [0.25, 0.3) is 0 Å². The van der Waals surface area contributed by atoms with Crippen molar-refractivity contribution in [1.82, 2.24) is 19.6 Å². The van der Waals surface area contributed by atoms with Gasteiger partial charge in [-0.05, 0) is 26.0 Å². The van der Waals surface area contributed by atoms with E-state index in [1.165, 1.54) is 13.8 Å². The third kappa shape index (κ3) is 4.14. The van der Waals surface area contributed by atoms with E-state index in [1.807, 2.05) is 12.1 Å². The molecule has 0 aromatic carbocycles. The number of hydrogen-bond donors (Lipinski definition) is 0. The lowest BCUT2D eigenvalue weighted by Gasteiger charge is -2.35. The van der Waals surface area contributed by atoms with Crippen molar-refractivity contribution in [3.05, 3.63) is 40.6 Å². The van der Waals surface area contributed by atoms with Crippen LogP contribution in [0.1, 0.15) is 30.1 Å². The number of amides is 1. The van der Waals surface area contributed by atoms with Gasteiger partial charge in [-0.25, -0.2) is 0 Å². The number of carbonyl (C=O) groups is 1. The van der Waals surface area contributed by atoms with Crippen LogP contribution in [0.2, 0.25) is 5.02 Å². The minimum Gasteiger partial charge on any atom is -0.468 e. The first-order valence-corrected chi connectivity index (χ1v) is 8.91. The fourth-order valence-electron chi connectivity index (χ4n) is 3.17. The van der Waals surface area contributed by atoms with Crippen LogP contribution in [-0.4, -0.2) is 51.7 Å². The lowest BCUT2D eigenvalue weighted by Crippen LogP contribution is -2.50. The van der Waals surface area contributed by atoms with Crippen LogP contribution in [-0.2, 0) is 17.5 Å². The number of hydrogen-bond acceptors (Lipinski definition) is 4. The Morgan fingerprint density at radius 1 is 1.33 bits per heavy atom. The van der Waals surface area contributed by atoms with Gasteiger partial charge >= 0.3 is 6.18 Å². The molecular formula is C17H20ClF3N4O2. The fraction of sp³-hybridized carbons (Fsp3) is 0.529. The molecule has 27 heavy (non-hydrogen) atoms. The molecule has 2 aromatic rings. The Hall–Kier alpha value is -2.00. The van der Waals surface area contributed by atoms with Crippen LogP contribution in [0.15, 0.2) is 22.8 Å². The Labute approximate surface area is 159 Å². The number of halogens is 4. The highest BCUT2D eigenvalue weighted by Gasteiger charge is 2.39. The predicted molar refractivity (Wildman–Crippen MR) is 92.3 cm³/mol. The van der Waals surface area contributed by atoms with Gasteiger partial charge in [-0.3, -0.25) is 14.4 Å². The normalized spacial score (nSPS) is 17.3. The summed E-state index contributed by atoms with van der Waals surface area (Å²) in [6, 6.07) is 2.85. The van der Waals surface area contributed by atoms with Gasteiger partial charge in [-0.15, -0.1) is 0 Å². The maximum atomic E-state index is 13.0. The topological polar surface area (TPSA) is 54.5 Å². The summed E-state index contributed by atoms with van der Waals surface area (Å²) in [7, 11) is 0. The minimum absolute atomic E-state index is 0.126. The Kier molecular flexibility index (Phi) is 5.53. The third-order valence-corrected chi connectivity index (χ3v) is 5.17.